The van der Waals surface area contributed by atoms with Gasteiger partial charge < -0.3 is 9.84 Å². The third-order valence-corrected chi connectivity index (χ3v) is 7.65. The molecule has 0 bridgehead atoms. The molecule has 3 aromatic rings. The Morgan fingerprint density at radius 1 is 1.18 bits per heavy atom. The van der Waals surface area contributed by atoms with Crippen LogP contribution in [0, 0.1) is 23.7 Å². The number of alkyl halides is 1. The summed E-state index contributed by atoms with van der Waals surface area (Å²) in [6, 6.07) is 12.4. The van der Waals surface area contributed by atoms with Gasteiger partial charge in [0.1, 0.15) is 11.9 Å². The number of nitrogens with zero attached hydrogens (tertiary/aromatic N) is 2. The zero-order valence-electron chi connectivity index (χ0n) is 21.3. The van der Waals surface area contributed by atoms with Crippen molar-refractivity contribution in [1.29, 1.82) is 0 Å². The van der Waals surface area contributed by atoms with Crippen LogP contribution in [0.5, 0.6) is 5.75 Å². The van der Waals surface area contributed by atoms with Gasteiger partial charge in [0.05, 0.1) is 19.2 Å². The molecule has 2 heterocycles. The van der Waals surface area contributed by atoms with E-state index in [2.05, 4.69) is 21.7 Å². The number of fused-ring (bicyclic) bond motifs is 1. The molecule has 5 nitrogen and oxygen atoms in total. The van der Waals surface area contributed by atoms with Crippen molar-refractivity contribution in [2.45, 2.75) is 38.3 Å². The highest BCUT2D eigenvalue weighted by atomic mass is 35.5. The molecule has 2 aromatic carbocycles. The van der Waals surface area contributed by atoms with Gasteiger partial charge in [-0.1, -0.05) is 35.0 Å². The molecule has 1 fully saturated rings. The van der Waals surface area contributed by atoms with Gasteiger partial charge in [-0.25, -0.2) is 4.39 Å². The number of carbonyl (C=O) groups is 1. The summed E-state index contributed by atoms with van der Waals surface area (Å²) in [5, 5.41) is 11.1. The number of ether oxygens (including phenoxy) is 1. The van der Waals surface area contributed by atoms with Crippen LogP contribution < -0.4 is 4.74 Å². The van der Waals surface area contributed by atoms with E-state index in [1.807, 2.05) is 18.2 Å². The minimum Gasteiger partial charge on any atom is -0.497 e. The lowest BCUT2D eigenvalue weighted by Gasteiger charge is -2.38. The average molecular weight is 557 g/mol. The summed E-state index contributed by atoms with van der Waals surface area (Å²) in [5.74, 6) is 6.59. The predicted molar refractivity (Wildman–Crippen MR) is 150 cm³/mol. The van der Waals surface area contributed by atoms with Gasteiger partial charge in [-0.3, -0.25) is 14.7 Å². The number of piperidine rings is 1. The fourth-order valence-corrected chi connectivity index (χ4v) is 5.78. The first-order valence-corrected chi connectivity index (χ1v) is 13.5. The zero-order valence-corrected chi connectivity index (χ0v) is 22.8. The molecule has 0 amide bonds. The van der Waals surface area contributed by atoms with E-state index in [0.29, 0.717) is 47.2 Å². The largest absolute Gasteiger partial charge is 0.497 e. The SMILES string of the molecule is COc1ccc2nccc(C(F)CC[C@@H]3CCN(CC#Cc4cc(Cl)cc(Cl)c4)C[C@@H]3CCC(=O)O)c2c1. The number of hydrogen-bond donors (Lipinski definition) is 1. The number of pyridine rings is 1. The lowest BCUT2D eigenvalue weighted by molar-refractivity contribution is -0.137. The molecule has 4 rings (SSSR count). The quantitative estimate of drug-likeness (QED) is 0.282. The van der Waals surface area contributed by atoms with E-state index in [-0.39, 0.29) is 18.3 Å². The molecule has 1 unspecified atom stereocenters. The highest BCUT2D eigenvalue weighted by Gasteiger charge is 2.30. The Kier molecular flexibility index (Phi) is 9.85. The van der Waals surface area contributed by atoms with Gasteiger partial charge in [-0.15, -0.1) is 0 Å². The average Bonchev–Trinajstić information content (AvgIpc) is 2.89. The van der Waals surface area contributed by atoms with Crippen molar-refractivity contribution in [1.82, 2.24) is 9.88 Å². The van der Waals surface area contributed by atoms with Crippen LogP contribution in [0.1, 0.15) is 49.4 Å². The van der Waals surface area contributed by atoms with Crippen molar-refractivity contribution < 1.29 is 19.0 Å². The number of halogens is 3. The summed E-state index contributed by atoms with van der Waals surface area (Å²) in [5.41, 5.74) is 2.11. The normalized spacial score (nSPS) is 18.5. The lowest BCUT2D eigenvalue weighted by atomic mass is 9.79. The molecule has 38 heavy (non-hydrogen) atoms. The third kappa shape index (κ3) is 7.60. The Bertz CT molecular complexity index is 1320. The van der Waals surface area contributed by atoms with Gasteiger partial charge >= 0.3 is 5.97 Å². The molecule has 1 aromatic heterocycles. The van der Waals surface area contributed by atoms with Crippen LogP contribution in [0.3, 0.4) is 0 Å². The fraction of sp³-hybridized carbons (Fsp3) is 0.400. The Morgan fingerprint density at radius 2 is 1.97 bits per heavy atom. The summed E-state index contributed by atoms with van der Waals surface area (Å²) in [6.45, 7) is 2.15. The Hall–Kier alpha value is -2.85. The number of carboxylic acids is 1. The standard InChI is InChI=1S/C30H31Cl2FN2O3/c1-38-25-6-8-29-27(18-25)26(10-12-34-29)28(33)7-4-21-11-14-35(19-22(21)5-9-30(36)37)13-2-3-20-15-23(31)17-24(32)16-20/h6,8,10,12,15-18,21-22,28H,4-5,7,9,11,13-14,19H2,1H3,(H,36,37)/t21-,22+,28?/m1/s1. The van der Waals surface area contributed by atoms with E-state index in [1.54, 1.807) is 37.6 Å². The number of hydrogen-bond acceptors (Lipinski definition) is 4. The molecule has 0 saturated carbocycles. The van der Waals surface area contributed by atoms with E-state index >= 15 is 4.39 Å². The van der Waals surface area contributed by atoms with E-state index in [0.717, 1.165) is 36.0 Å². The van der Waals surface area contributed by atoms with Crippen LogP contribution >= 0.6 is 23.2 Å². The van der Waals surface area contributed by atoms with Gasteiger partial charge in [0, 0.05) is 40.2 Å². The second-order valence-electron chi connectivity index (χ2n) is 9.76. The molecule has 1 aliphatic rings. The van der Waals surface area contributed by atoms with Crippen LogP contribution in [-0.4, -0.2) is 47.7 Å². The van der Waals surface area contributed by atoms with Gasteiger partial charge in [-0.05, 0) is 92.1 Å². The smallest absolute Gasteiger partial charge is 0.303 e. The molecule has 0 aliphatic carbocycles. The number of likely N-dealkylation sites (tertiary alicyclic amines) is 1. The Balaban J connectivity index is 1.40. The molecule has 0 radical (unpaired) electrons. The molecule has 200 valence electrons. The Morgan fingerprint density at radius 3 is 2.71 bits per heavy atom. The topological polar surface area (TPSA) is 62.7 Å². The first-order valence-electron chi connectivity index (χ1n) is 12.8. The minimum atomic E-state index is -1.14. The number of rotatable bonds is 9. The molecular weight excluding hydrogens is 526 g/mol. The summed E-state index contributed by atoms with van der Waals surface area (Å²) >= 11 is 12.1. The number of aliphatic carboxylic acids is 1. The molecule has 1 saturated heterocycles. The van der Waals surface area contributed by atoms with Crippen LogP contribution in [0.15, 0.2) is 48.7 Å². The molecule has 3 atom stereocenters. The van der Waals surface area contributed by atoms with Crippen LogP contribution in [0.2, 0.25) is 10.0 Å². The van der Waals surface area contributed by atoms with Crippen LogP contribution in [-0.2, 0) is 4.79 Å². The number of methoxy groups -OCH3 is 1. The van der Waals surface area contributed by atoms with E-state index < -0.39 is 12.1 Å². The van der Waals surface area contributed by atoms with Crippen LogP contribution in [0.25, 0.3) is 10.9 Å². The molecule has 1 aliphatic heterocycles. The minimum absolute atomic E-state index is 0.107. The van der Waals surface area contributed by atoms with E-state index in [9.17, 15) is 9.90 Å². The maximum atomic E-state index is 15.5. The molecule has 8 heteroatoms. The second kappa shape index (κ2) is 13.3. The summed E-state index contributed by atoms with van der Waals surface area (Å²) in [6.07, 6.45) is 3.13. The van der Waals surface area contributed by atoms with Gasteiger partial charge in [-0.2, -0.15) is 0 Å². The van der Waals surface area contributed by atoms with Gasteiger partial charge in [0.2, 0.25) is 0 Å². The second-order valence-corrected chi connectivity index (χ2v) is 10.6. The number of aromatic nitrogens is 1. The summed E-state index contributed by atoms with van der Waals surface area (Å²) < 4.78 is 20.9. The summed E-state index contributed by atoms with van der Waals surface area (Å²) in [4.78, 5) is 17.9. The maximum absolute atomic E-state index is 15.5. The first kappa shape index (κ1) is 28.2. The summed E-state index contributed by atoms with van der Waals surface area (Å²) in [7, 11) is 1.59. The third-order valence-electron chi connectivity index (χ3n) is 7.21. The molecular formula is C30H31Cl2FN2O3. The van der Waals surface area contributed by atoms with Crippen molar-refractivity contribution in [2.24, 2.45) is 11.8 Å². The fourth-order valence-electron chi connectivity index (χ4n) is 5.26. The van der Waals surface area contributed by atoms with Crippen molar-refractivity contribution in [2.75, 3.05) is 26.7 Å². The lowest BCUT2D eigenvalue weighted by Crippen LogP contribution is -2.41. The van der Waals surface area contributed by atoms with Gasteiger partial charge in [0.25, 0.3) is 0 Å². The molecule has 0 spiro atoms. The van der Waals surface area contributed by atoms with E-state index in [4.69, 9.17) is 27.9 Å². The maximum Gasteiger partial charge on any atom is 0.303 e. The predicted octanol–water partition coefficient (Wildman–Crippen LogP) is 7.20. The highest BCUT2D eigenvalue weighted by molar-refractivity contribution is 6.34. The van der Waals surface area contributed by atoms with Crippen LogP contribution in [0.4, 0.5) is 4.39 Å². The number of carboxylic acid groups (broad SMARTS) is 1. The van der Waals surface area contributed by atoms with E-state index in [1.165, 1.54) is 0 Å². The zero-order chi connectivity index (χ0) is 27.1. The first-order chi connectivity index (χ1) is 18.3. The Labute approximate surface area is 232 Å². The van der Waals surface area contributed by atoms with Gasteiger partial charge in [0.15, 0.2) is 0 Å². The highest BCUT2D eigenvalue weighted by Crippen LogP contribution is 2.36. The van der Waals surface area contributed by atoms with Crippen molar-refractivity contribution in [3.8, 4) is 17.6 Å². The monoisotopic (exact) mass is 556 g/mol. The number of benzene rings is 2. The molecule has 1 N–H and O–H groups in total. The van der Waals surface area contributed by atoms with Crippen molar-refractivity contribution in [3.05, 3.63) is 69.8 Å². The van der Waals surface area contributed by atoms with Crippen molar-refractivity contribution in [3.63, 3.8) is 0 Å². The van der Waals surface area contributed by atoms with Crippen molar-refractivity contribution >= 4 is 40.1 Å².